The molecule has 0 N–H and O–H groups in total. The monoisotopic (exact) mass is 320 g/mol. The fourth-order valence-corrected chi connectivity index (χ4v) is 2.04. The summed E-state index contributed by atoms with van der Waals surface area (Å²) in [6, 6.07) is 0.215. The maximum Gasteiger partial charge on any atom is 0.282 e. The summed E-state index contributed by atoms with van der Waals surface area (Å²) in [5, 5.41) is 4.13. The number of aromatic nitrogens is 2. The largest absolute Gasteiger partial charge is 0.282 e. The maximum absolute atomic E-state index is 11.8. The smallest absolute Gasteiger partial charge is 0.266 e. The third-order valence-corrected chi connectivity index (χ3v) is 4.49. The molecule has 1 fully saturated rings. The summed E-state index contributed by atoms with van der Waals surface area (Å²) in [7, 11) is 0. The van der Waals surface area contributed by atoms with Gasteiger partial charge in [0.25, 0.3) is 5.56 Å². The van der Waals surface area contributed by atoms with Gasteiger partial charge in [-0.25, -0.2) is 4.68 Å². The Kier molecular flexibility index (Phi) is 2.79. The van der Waals surface area contributed by atoms with E-state index >= 15 is 0 Å². The summed E-state index contributed by atoms with van der Waals surface area (Å²) in [4.78, 5) is 11.8. The van der Waals surface area contributed by atoms with E-state index in [4.69, 9.17) is 0 Å². The molecular weight excluding hydrogens is 312 g/mol. The highest BCUT2D eigenvalue weighted by Gasteiger charge is 2.30. The summed E-state index contributed by atoms with van der Waals surface area (Å²) in [5.74, 6) is 0.633. The van der Waals surface area contributed by atoms with Crippen molar-refractivity contribution in [3.63, 3.8) is 0 Å². The SMILES string of the molecule is CC(C1CC1)n1ncc(Br)c(Br)c1=O. The molecule has 1 heterocycles. The Balaban J connectivity index is 2.43. The van der Waals surface area contributed by atoms with Gasteiger partial charge in [0.15, 0.2) is 0 Å². The molecule has 14 heavy (non-hydrogen) atoms. The van der Waals surface area contributed by atoms with Crippen molar-refractivity contribution in [2.75, 3.05) is 0 Å². The van der Waals surface area contributed by atoms with E-state index in [1.165, 1.54) is 12.8 Å². The molecule has 76 valence electrons. The normalized spacial score (nSPS) is 18.2. The molecule has 1 aromatic heterocycles. The fourth-order valence-electron chi connectivity index (χ4n) is 1.49. The molecule has 5 heteroatoms. The molecule has 1 aliphatic rings. The van der Waals surface area contributed by atoms with Crippen LogP contribution in [-0.4, -0.2) is 9.78 Å². The number of rotatable bonds is 2. The number of hydrogen-bond acceptors (Lipinski definition) is 2. The molecule has 2 rings (SSSR count). The second-order valence-corrected chi connectivity index (χ2v) is 5.28. The minimum absolute atomic E-state index is 0.0567. The lowest BCUT2D eigenvalue weighted by Crippen LogP contribution is -2.27. The van der Waals surface area contributed by atoms with Crippen molar-refractivity contribution >= 4 is 31.9 Å². The van der Waals surface area contributed by atoms with E-state index in [0.717, 1.165) is 0 Å². The van der Waals surface area contributed by atoms with E-state index in [1.54, 1.807) is 10.9 Å². The number of nitrogens with zero attached hydrogens (tertiary/aromatic N) is 2. The molecular formula is C9H10Br2N2O. The second kappa shape index (κ2) is 3.77. The molecule has 3 nitrogen and oxygen atoms in total. The first-order chi connectivity index (χ1) is 6.61. The average Bonchev–Trinajstić information content (AvgIpc) is 2.97. The van der Waals surface area contributed by atoms with Crippen LogP contribution in [0.3, 0.4) is 0 Å². The van der Waals surface area contributed by atoms with E-state index in [9.17, 15) is 4.79 Å². The number of hydrogen-bond donors (Lipinski definition) is 0. The molecule has 1 saturated carbocycles. The summed E-state index contributed by atoms with van der Waals surface area (Å²) in [6.07, 6.45) is 4.08. The van der Waals surface area contributed by atoms with Crippen LogP contribution in [-0.2, 0) is 0 Å². The van der Waals surface area contributed by atoms with Gasteiger partial charge >= 0.3 is 0 Å². The van der Waals surface area contributed by atoms with Gasteiger partial charge in [0.2, 0.25) is 0 Å². The Labute approximate surface area is 98.8 Å². The molecule has 1 unspecified atom stereocenters. The van der Waals surface area contributed by atoms with Crippen molar-refractivity contribution in [3.8, 4) is 0 Å². The van der Waals surface area contributed by atoms with Gasteiger partial charge in [-0.2, -0.15) is 5.10 Å². The highest BCUT2D eigenvalue weighted by Crippen LogP contribution is 2.38. The van der Waals surface area contributed by atoms with Crippen LogP contribution in [0.5, 0.6) is 0 Å². The summed E-state index contributed by atoms with van der Waals surface area (Å²) < 4.78 is 2.83. The molecule has 1 aromatic rings. The van der Waals surface area contributed by atoms with Crippen molar-refractivity contribution in [1.29, 1.82) is 0 Å². The molecule has 0 radical (unpaired) electrons. The second-order valence-electron chi connectivity index (χ2n) is 3.63. The van der Waals surface area contributed by atoms with Crippen LogP contribution >= 0.6 is 31.9 Å². The van der Waals surface area contributed by atoms with Crippen LogP contribution in [0.25, 0.3) is 0 Å². The molecule has 0 aromatic carbocycles. The van der Waals surface area contributed by atoms with Gasteiger partial charge in [-0.05, 0) is 57.5 Å². The lowest BCUT2D eigenvalue weighted by Gasteiger charge is -2.12. The van der Waals surface area contributed by atoms with Gasteiger partial charge in [-0.1, -0.05) is 0 Å². The Morgan fingerprint density at radius 3 is 2.79 bits per heavy atom. The Morgan fingerprint density at radius 2 is 2.21 bits per heavy atom. The van der Waals surface area contributed by atoms with Gasteiger partial charge in [0, 0.05) is 0 Å². The minimum atomic E-state index is -0.0567. The number of halogens is 2. The van der Waals surface area contributed by atoms with E-state index < -0.39 is 0 Å². The Hall–Kier alpha value is -0.160. The van der Waals surface area contributed by atoms with Crippen LogP contribution in [0.4, 0.5) is 0 Å². The van der Waals surface area contributed by atoms with Crippen molar-refractivity contribution in [2.24, 2.45) is 5.92 Å². The van der Waals surface area contributed by atoms with E-state index in [-0.39, 0.29) is 11.6 Å². The van der Waals surface area contributed by atoms with Gasteiger partial charge in [-0.15, -0.1) is 0 Å². The lowest BCUT2D eigenvalue weighted by molar-refractivity contribution is 0.417. The van der Waals surface area contributed by atoms with Gasteiger partial charge < -0.3 is 0 Å². The van der Waals surface area contributed by atoms with Gasteiger partial charge in [0.1, 0.15) is 4.47 Å². The first-order valence-electron chi connectivity index (χ1n) is 4.54. The van der Waals surface area contributed by atoms with Gasteiger partial charge in [0.05, 0.1) is 16.7 Å². The summed E-state index contributed by atoms with van der Waals surface area (Å²) in [6.45, 7) is 2.05. The Bertz CT molecular complexity index is 412. The first kappa shape index (κ1) is 10.4. The standard InChI is InChI=1S/C9H10Br2N2O/c1-5(6-2-3-6)13-9(14)8(11)7(10)4-12-13/h4-6H,2-3H2,1H3. The van der Waals surface area contributed by atoms with E-state index in [1.807, 2.05) is 6.92 Å². The highest BCUT2D eigenvalue weighted by atomic mass is 79.9. The molecule has 0 bridgehead atoms. The summed E-state index contributed by atoms with van der Waals surface area (Å²) >= 11 is 6.51. The highest BCUT2D eigenvalue weighted by molar-refractivity contribution is 9.13. The minimum Gasteiger partial charge on any atom is -0.266 e. The molecule has 1 aliphatic carbocycles. The van der Waals surface area contributed by atoms with Crippen LogP contribution in [0, 0.1) is 5.92 Å². The maximum atomic E-state index is 11.8. The van der Waals surface area contributed by atoms with Crippen LogP contribution in [0.2, 0.25) is 0 Å². The zero-order chi connectivity index (χ0) is 10.3. The van der Waals surface area contributed by atoms with Crippen molar-refractivity contribution < 1.29 is 0 Å². The van der Waals surface area contributed by atoms with Crippen LogP contribution in [0.15, 0.2) is 19.9 Å². The zero-order valence-corrected chi connectivity index (χ0v) is 10.9. The molecule has 0 amide bonds. The molecule has 0 spiro atoms. The lowest BCUT2D eigenvalue weighted by atomic mass is 10.2. The summed E-state index contributed by atoms with van der Waals surface area (Å²) in [5.41, 5.74) is -0.0567. The first-order valence-corrected chi connectivity index (χ1v) is 6.12. The quantitative estimate of drug-likeness (QED) is 0.839. The Morgan fingerprint density at radius 1 is 1.57 bits per heavy atom. The average molecular weight is 322 g/mol. The molecule has 1 atom stereocenters. The van der Waals surface area contributed by atoms with Crippen molar-refractivity contribution in [3.05, 3.63) is 25.5 Å². The molecule has 0 aliphatic heterocycles. The van der Waals surface area contributed by atoms with Crippen molar-refractivity contribution in [2.45, 2.75) is 25.8 Å². The van der Waals surface area contributed by atoms with E-state index in [0.29, 0.717) is 14.9 Å². The van der Waals surface area contributed by atoms with Crippen molar-refractivity contribution in [1.82, 2.24) is 9.78 Å². The topological polar surface area (TPSA) is 34.9 Å². The van der Waals surface area contributed by atoms with E-state index in [2.05, 4.69) is 37.0 Å². The third-order valence-electron chi connectivity index (χ3n) is 2.59. The zero-order valence-electron chi connectivity index (χ0n) is 7.70. The third kappa shape index (κ3) is 1.80. The van der Waals surface area contributed by atoms with Crippen LogP contribution in [0.1, 0.15) is 25.8 Å². The predicted molar refractivity (Wildman–Crippen MR) is 61.3 cm³/mol. The fraction of sp³-hybridized carbons (Fsp3) is 0.556. The van der Waals surface area contributed by atoms with Gasteiger partial charge in [-0.3, -0.25) is 4.79 Å². The van der Waals surface area contributed by atoms with Crippen LogP contribution < -0.4 is 5.56 Å². The predicted octanol–water partition coefficient (Wildman–Crippen LogP) is 2.74. The molecule has 0 saturated heterocycles.